The van der Waals surface area contributed by atoms with Crippen LogP contribution < -0.4 is 4.74 Å². The lowest BCUT2D eigenvalue weighted by Crippen LogP contribution is -1.99. The number of benzene rings is 2. The molecule has 20 heavy (non-hydrogen) atoms. The predicted octanol–water partition coefficient (Wildman–Crippen LogP) is 4.33. The van der Waals surface area contributed by atoms with Crippen LogP contribution in [0.1, 0.15) is 11.1 Å². The molecule has 0 fully saturated rings. The van der Waals surface area contributed by atoms with Gasteiger partial charge in [-0.05, 0) is 54.5 Å². The quantitative estimate of drug-likeness (QED) is 0.670. The number of nitrogens with zero attached hydrogens (tertiary/aromatic N) is 1. The highest BCUT2D eigenvalue weighted by atomic mass is 32.1. The molecule has 0 amide bonds. The molecule has 0 bridgehead atoms. The second-order valence-electron chi connectivity index (χ2n) is 4.77. The van der Waals surface area contributed by atoms with Gasteiger partial charge in [-0.1, -0.05) is 18.2 Å². The first-order chi connectivity index (χ1) is 9.67. The van der Waals surface area contributed by atoms with E-state index in [-0.39, 0.29) is 0 Å². The molecule has 2 aromatic carbocycles. The third-order valence-corrected chi connectivity index (χ3v) is 3.63. The Bertz CT molecular complexity index is 799. The van der Waals surface area contributed by atoms with Crippen LogP contribution in [-0.4, -0.2) is 11.7 Å². The number of ether oxygens (including phenoxy) is 1. The van der Waals surface area contributed by atoms with Crippen LogP contribution in [0.15, 0.2) is 46.9 Å². The molecule has 0 spiro atoms. The lowest BCUT2D eigenvalue weighted by Gasteiger charge is -2.05. The molecule has 0 aliphatic rings. The van der Waals surface area contributed by atoms with Gasteiger partial charge >= 0.3 is 0 Å². The minimum Gasteiger partial charge on any atom is -0.497 e. The third-order valence-electron chi connectivity index (χ3n) is 3.32. The fourth-order valence-corrected chi connectivity index (χ4v) is 2.49. The molecular formula is C16H15NO2S. The van der Waals surface area contributed by atoms with Crippen LogP contribution in [0.25, 0.3) is 11.1 Å². The van der Waals surface area contributed by atoms with Gasteiger partial charge in [-0.2, -0.15) is 0 Å². The molecule has 0 saturated carbocycles. The molecule has 3 aromatic rings. The molecule has 0 aliphatic heterocycles. The van der Waals surface area contributed by atoms with Crippen molar-refractivity contribution in [2.75, 3.05) is 7.11 Å². The lowest BCUT2D eigenvalue weighted by atomic mass is 10.2. The Morgan fingerprint density at radius 2 is 1.90 bits per heavy atom. The molecule has 1 aromatic heterocycles. The number of aromatic nitrogens is 1. The lowest BCUT2D eigenvalue weighted by molar-refractivity contribution is 0.414. The van der Waals surface area contributed by atoms with Crippen molar-refractivity contribution in [1.82, 2.24) is 4.57 Å². The molecule has 4 heteroatoms. The van der Waals surface area contributed by atoms with Crippen LogP contribution in [0.3, 0.4) is 0 Å². The van der Waals surface area contributed by atoms with E-state index in [0.717, 1.165) is 22.4 Å². The fraction of sp³-hybridized carbons (Fsp3) is 0.188. The Morgan fingerprint density at radius 3 is 2.60 bits per heavy atom. The van der Waals surface area contributed by atoms with Gasteiger partial charge < -0.3 is 9.15 Å². The SMILES string of the molecule is COc1ccc(Cn2c(=S)oc3ccc(C)cc32)cc1. The molecule has 0 saturated heterocycles. The number of hydrogen-bond acceptors (Lipinski definition) is 3. The predicted molar refractivity (Wildman–Crippen MR) is 81.9 cm³/mol. The number of rotatable bonds is 3. The summed E-state index contributed by atoms with van der Waals surface area (Å²) in [5.41, 5.74) is 4.21. The highest BCUT2D eigenvalue weighted by Gasteiger charge is 2.07. The van der Waals surface area contributed by atoms with Crippen molar-refractivity contribution < 1.29 is 9.15 Å². The van der Waals surface area contributed by atoms with Gasteiger partial charge in [0.25, 0.3) is 4.84 Å². The summed E-state index contributed by atoms with van der Waals surface area (Å²) in [6, 6.07) is 14.1. The zero-order chi connectivity index (χ0) is 14.1. The minimum absolute atomic E-state index is 0.501. The first-order valence-corrected chi connectivity index (χ1v) is 6.81. The average molecular weight is 285 g/mol. The first-order valence-electron chi connectivity index (χ1n) is 6.40. The largest absolute Gasteiger partial charge is 0.497 e. The molecule has 0 atom stereocenters. The van der Waals surface area contributed by atoms with Crippen LogP contribution in [0, 0.1) is 11.8 Å². The monoisotopic (exact) mass is 285 g/mol. The Balaban J connectivity index is 2.03. The van der Waals surface area contributed by atoms with Gasteiger partial charge in [0.05, 0.1) is 19.2 Å². The molecular weight excluding hydrogens is 270 g/mol. The molecule has 0 unspecified atom stereocenters. The molecule has 3 rings (SSSR count). The summed E-state index contributed by atoms with van der Waals surface area (Å²) >= 11 is 5.32. The second kappa shape index (κ2) is 5.13. The van der Waals surface area contributed by atoms with E-state index >= 15 is 0 Å². The molecule has 0 aliphatic carbocycles. The van der Waals surface area contributed by atoms with E-state index in [9.17, 15) is 0 Å². The Labute approximate surface area is 122 Å². The van der Waals surface area contributed by atoms with E-state index < -0.39 is 0 Å². The van der Waals surface area contributed by atoms with Gasteiger partial charge in [-0.25, -0.2) is 0 Å². The fourth-order valence-electron chi connectivity index (χ4n) is 2.24. The van der Waals surface area contributed by atoms with Crippen molar-refractivity contribution in [1.29, 1.82) is 0 Å². The smallest absolute Gasteiger partial charge is 0.269 e. The summed E-state index contributed by atoms with van der Waals surface area (Å²) < 4.78 is 12.8. The van der Waals surface area contributed by atoms with Gasteiger partial charge in [0.2, 0.25) is 0 Å². The van der Waals surface area contributed by atoms with Crippen LogP contribution in [0.4, 0.5) is 0 Å². The van der Waals surface area contributed by atoms with Crippen molar-refractivity contribution in [3.05, 3.63) is 58.4 Å². The molecule has 0 N–H and O–H groups in total. The van der Waals surface area contributed by atoms with E-state index in [2.05, 4.69) is 13.0 Å². The third kappa shape index (κ3) is 2.34. The van der Waals surface area contributed by atoms with Gasteiger partial charge in [0.15, 0.2) is 5.58 Å². The van der Waals surface area contributed by atoms with Crippen molar-refractivity contribution in [2.45, 2.75) is 13.5 Å². The molecule has 102 valence electrons. The summed E-state index contributed by atoms with van der Waals surface area (Å²) in [6.45, 7) is 2.76. The van der Waals surface area contributed by atoms with Gasteiger partial charge in [-0.3, -0.25) is 4.57 Å². The van der Waals surface area contributed by atoms with Gasteiger partial charge in [0.1, 0.15) is 5.75 Å². The average Bonchev–Trinajstić information content (AvgIpc) is 2.76. The zero-order valence-corrected chi connectivity index (χ0v) is 12.2. The Morgan fingerprint density at radius 1 is 1.15 bits per heavy atom. The number of fused-ring (bicyclic) bond motifs is 1. The summed E-state index contributed by atoms with van der Waals surface area (Å²) in [6.07, 6.45) is 0. The Hall–Kier alpha value is -2.07. The van der Waals surface area contributed by atoms with Crippen molar-refractivity contribution >= 4 is 23.3 Å². The topological polar surface area (TPSA) is 27.3 Å². The number of methoxy groups -OCH3 is 1. The van der Waals surface area contributed by atoms with Crippen LogP contribution in [0.2, 0.25) is 0 Å². The normalized spacial score (nSPS) is 10.9. The molecule has 3 nitrogen and oxygen atoms in total. The summed E-state index contributed by atoms with van der Waals surface area (Å²) in [5.74, 6) is 0.852. The van der Waals surface area contributed by atoms with Gasteiger partial charge in [0, 0.05) is 0 Å². The highest BCUT2D eigenvalue weighted by Crippen LogP contribution is 2.21. The van der Waals surface area contributed by atoms with Crippen LogP contribution in [-0.2, 0) is 6.54 Å². The summed E-state index contributed by atoms with van der Waals surface area (Å²) in [4.78, 5) is 0.501. The zero-order valence-electron chi connectivity index (χ0n) is 11.4. The molecule has 1 heterocycles. The second-order valence-corrected chi connectivity index (χ2v) is 5.12. The highest BCUT2D eigenvalue weighted by molar-refractivity contribution is 7.71. The van der Waals surface area contributed by atoms with E-state index in [0.29, 0.717) is 11.4 Å². The van der Waals surface area contributed by atoms with E-state index in [1.807, 2.05) is 41.0 Å². The van der Waals surface area contributed by atoms with E-state index in [4.69, 9.17) is 21.4 Å². The van der Waals surface area contributed by atoms with Crippen LogP contribution >= 0.6 is 12.2 Å². The standard InChI is InChI=1S/C16H15NO2S/c1-11-3-8-15-14(9-11)17(16(20)19-15)10-12-4-6-13(18-2)7-5-12/h3-9H,10H2,1-2H3. The maximum absolute atomic E-state index is 5.62. The maximum atomic E-state index is 5.62. The van der Waals surface area contributed by atoms with Crippen molar-refractivity contribution in [2.24, 2.45) is 0 Å². The number of hydrogen-bond donors (Lipinski definition) is 0. The maximum Gasteiger partial charge on any atom is 0.269 e. The summed E-state index contributed by atoms with van der Waals surface area (Å²) in [7, 11) is 1.66. The summed E-state index contributed by atoms with van der Waals surface area (Å²) in [5, 5.41) is 0. The number of aryl methyl sites for hydroxylation is 1. The van der Waals surface area contributed by atoms with Crippen molar-refractivity contribution in [3.8, 4) is 5.75 Å². The van der Waals surface area contributed by atoms with Crippen LogP contribution in [0.5, 0.6) is 5.75 Å². The van der Waals surface area contributed by atoms with E-state index in [1.54, 1.807) is 7.11 Å². The van der Waals surface area contributed by atoms with E-state index in [1.165, 1.54) is 5.56 Å². The first kappa shape index (κ1) is 12.9. The molecule has 0 radical (unpaired) electrons. The van der Waals surface area contributed by atoms with Gasteiger partial charge in [-0.15, -0.1) is 0 Å². The number of oxazole rings is 1. The van der Waals surface area contributed by atoms with Crippen molar-refractivity contribution in [3.63, 3.8) is 0 Å². The minimum atomic E-state index is 0.501. The Kier molecular flexibility index (Phi) is 3.32.